The molecule has 1 aromatic carbocycles. The third kappa shape index (κ3) is 5.13. The van der Waals surface area contributed by atoms with Crippen molar-refractivity contribution in [2.75, 3.05) is 6.61 Å². The first-order chi connectivity index (χ1) is 9.43. The Labute approximate surface area is 124 Å². The second-order valence-corrected chi connectivity index (χ2v) is 5.85. The first-order valence-corrected chi connectivity index (χ1v) is 7.25. The molecule has 0 heterocycles. The van der Waals surface area contributed by atoms with Crippen LogP contribution in [0.15, 0.2) is 41.8 Å². The first-order valence-electron chi connectivity index (χ1n) is 6.43. The van der Waals surface area contributed by atoms with Gasteiger partial charge in [-0.25, -0.2) is 4.79 Å². The van der Waals surface area contributed by atoms with Crippen LogP contribution in [0.3, 0.4) is 0 Å². The number of hydrogen-bond acceptors (Lipinski definition) is 3. The van der Waals surface area contributed by atoms with Gasteiger partial charge < -0.3 is 9.84 Å². The van der Waals surface area contributed by atoms with Crippen LogP contribution in [0.5, 0.6) is 5.75 Å². The maximum Gasteiger partial charge on any atom is 0.342 e. The molecular weight excluding hydrogens is 272 g/mol. The van der Waals surface area contributed by atoms with Crippen molar-refractivity contribution in [3.05, 3.63) is 47.4 Å². The molecule has 108 valence electrons. The number of thioether (sulfide) groups is 1. The van der Waals surface area contributed by atoms with E-state index in [0.29, 0.717) is 17.4 Å². The van der Waals surface area contributed by atoms with Gasteiger partial charge in [0.1, 0.15) is 5.75 Å². The second kappa shape index (κ2) is 7.80. The van der Waals surface area contributed by atoms with Gasteiger partial charge in [-0.15, -0.1) is 0 Å². The van der Waals surface area contributed by atoms with Crippen LogP contribution < -0.4 is 4.74 Å². The van der Waals surface area contributed by atoms with Crippen LogP contribution in [-0.4, -0.2) is 17.7 Å². The molecule has 0 aromatic heterocycles. The minimum Gasteiger partial charge on any atom is -0.493 e. The Hall–Kier alpha value is -1.68. The fourth-order valence-corrected chi connectivity index (χ4v) is 2.14. The molecule has 1 N–H and O–H groups in total. The minimum absolute atomic E-state index is 0.273. The lowest BCUT2D eigenvalue weighted by Gasteiger charge is -2.10. The largest absolute Gasteiger partial charge is 0.493 e. The molecule has 0 radical (unpaired) electrons. The highest BCUT2D eigenvalue weighted by molar-refractivity contribution is 8.12. The Morgan fingerprint density at radius 1 is 1.40 bits per heavy atom. The summed E-state index contributed by atoms with van der Waals surface area (Å²) >= 11 is 1.16. The zero-order valence-electron chi connectivity index (χ0n) is 12.1. The van der Waals surface area contributed by atoms with Crippen molar-refractivity contribution in [3.63, 3.8) is 0 Å². The molecule has 0 aliphatic carbocycles. The lowest BCUT2D eigenvalue weighted by molar-refractivity contribution is -0.131. The SMILES string of the molecule is C=C(S/C(=C\C)C(=O)O)c1ccc(OCC(C)C)cc1. The molecule has 0 amide bonds. The van der Waals surface area contributed by atoms with Gasteiger partial charge in [-0.3, -0.25) is 0 Å². The summed E-state index contributed by atoms with van der Waals surface area (Å²) < 4.78 is 5.60. The fraction of sp³-hybridized carbons (Fsp3) is 0.312. The first kappa shape index (κ1) is 16.4. The number of allylic oxidation sites excluding steroid dienone is 1. The third-order valence-corrected chi connectivity index (χ3v) is 3.58. The van der Waals surface area contributed by atoms with Crippen LogP contribution in [0.2, 0.25) is 0 Å². The van der Waals surface area contributed by atoms with E-state index in [1.807, 2.05) is 24.3 Å². The Bertz CT molecular complexity index is 501. The Balaban J connectivity index is 2.68. The van der Waals surface area contributed by atoms with Crippen molar-refractivity contribution in [1.29, 1.82) is 0 Å². The number of benzene rings is 1. The topological polar surface area (TPSA) is 46.5 Å². The van der Waals surface area contributed by atoms with Crippen molar-refractivity contribution in [1.82, 2.24) is 0 Å². The normalized spacial score (nSPS) is 11.5. The van der Waals surface area contributed by atoms with Crippen molar-refractivity contribution in [2.45, 2.75) is 20.8 Å². The van der Waals surface area contributed by atoms with E-state index >= 15 is 0 Å². The predicted molar refractivity (Wildman–Crippen MR) is 84.8 cm³/mol. The predicted octanol–water partition coefficient (Wildman–Crippen LogP) is 4.41. The van der Waals surface area contributed by atoms with Gasteiger partial charge in [0.25, 0.3) is 0 Å². The minimum atomic E-state index is -0.935. The zero-order valence-corrected chi connectivity index (χ0v) is 12.9. The highest BCUT2D eigenvalue weighted by Gasteiger charge is 2.10. The number of carboxylic acids is 1. The summed E-state index contributed by atoms with van der Waals surface area (Å²) in [5, 5.41) is 8.98. The summed E-state index contributed by atoms with van der Waals surface area (Å²) in [6, 6.07) is 7.53. The van der Waals surface area contributed by atoms with Crippen molar-refractivity contribution >= 4 is 22.6 Å². The van der Waals surface area contributed by atoms with Crippen LogP contribution in [0, 0.1) is 5.92 Å². The lowest BCUT2D eigenvalue weighted by Crippen LogP contribution is -2.04. The number of aliphatic carboxylic acids is 1. The Morgan fingerprint density at radius 3 is 2.45 bits per heavy atom. The molecule has 4 heteroatoms. The molecule has 0 saturated heterocycles. The lowest BCUT2D eigenvalue weighted by atomic mass is 10.2. The molecular formula is C16H20O3S. The van der Waals surface area contributed by atoms with Crippen molar-refractivity contribution in [2.24, 2.45) is 5.92 Å². The number of rotatable bonds is 7. The zero-order chi connectivity index (χ0) is 15.1. The summed E-state index contributed by atoms with van der Waals surface area (Å²) in [7, 11) is 0. The summed E-state index contributed by atoms with van der Waals surface area (Å²) in [5.41, 5.74) is 0.896. The quantitative estimate of drug-likeness (QED) is 0.756. The summed E-state index contributed by atoms with van der Waals surface area (Å²) in [6.45, 7) is 10.5. The summed E-state index contributed by atoms with van der Waals surface area (Å²) in [6.07, 6.45) is 1.57. The van der Waals surface area contributed by atoms with E-state index in [1.54, 1.807) is 13.0 Å². The van der Waals surface area contributed by atoms with Crippen LogP contribution in [-0.2, 0) is 4.79 Å². The van der Waals surface area contributed by atoms with Crippen LogP contribution in [0.4, 0.5) is 0 Å². The Morgan fingerprint density at radius 2 is 2.00 bits per heavy atom. The van der Waals surface area contributed by atoms with Crippen LogP contribution >= 0.6 is 11.8 Å². The molecule has 0 unspecified atom stereocenters. The smallest absolute Gasteiger partial charge is 0.342 e. The van der Waals surface area contributed by atoms with Crippen molar-refractivity contribution < 1.29 is 14.6 Å². The van der Waals surface area contributed by atoms with Crippen molar-refractivity contribution in [3.8, 4) is 5.75 Å². The van der Waals surface area contributed by atoms with Gasteiger partial charge in [0.05, 0.1) is 11.5 Å². The molecule has 0 atom stereocenters. The summed E-state index contributed by atoms with van der Waals surface area (Å²) in [4.78, 5) is 11.9. The van der Waals surface area contributed by atoms with E-state index in [0.717, 1.165) is 23.1 Å². The molecule has 3 nitrogen and oxygen atoms in total. The number of carbonyl (C=O) groups is 1. The maximum atomic E-state index is 11.0. The molecule has 0 saturated carbocycles. The fourth-order valence-electron chi connectivity index (χ4n) is 1.42. The maximum absolute atomic E-state index is 11.0. The van der Waals surface area contributed by atoms with E-state index in [-0.39, 0.29) is 4.91 Å². The van der Waals surface area contributed by atoms with Gasteiger partial charge in [0, 0.05) is 4.91 Å². The van der Waals surface area contributed by atoms with Gasteiger partial charge in [-0.1, -0.05) is 50.4 Å². The van der Waals surface area contributed by atoms with Crippen LogP contribution in [0.1, 0.15) is 26.3 Å². The van der Waals surface area contributed by atoms with E-state index in [4.69, 9.17) is 9.84 Å². The average Bonchev–Trinajstić information content (AvgIpc) is 2.42. The Kier molecular flexibility index (Phi) is 6.39. The average molecular weight is 292 g/mol. The second-order valence-electron chi connectivity index (χ2n) is 4.71. The van der Waals surface area contributed by atoms with Crippen LogP contribution in [0.25, 0.3) is 4.91 Å². The molecule has 0 aliphatic rings. The van der Waals surface area contributed by atoms with E-state index in [9.17, 15) is 4.79 Å². The van der Waals surface area contributed by atoms with Gasteiger partial charge in [0.2, 0.25) is 0 Å². The standard InChI is InChI=1S/C16H20O3S/c1-5-15(16(17)18)20-12(4)13-6-8-14(9-7-13)19-10-11(2)3/h5-9,11H,4,10H2,1-3H3,(H,17,18)/b15-5-. The highest BCUT2D eigenvalue weighted by Crippen LogP contribution is 2.32. The monoisotopic (exact) mass is 292 g/mol. The van der Waals surface area contributed by atoms with Gasteiger partial charge in [0.15, 0.2) is 0 Å². The van der Waals surface area contributed by atoms with Gasteiger partial charge in [-0.05, 0) is 30.5 Å². The third-order valence-electron chi connectivity index (χ3n) is 2.47. The van der Waals surface area contributed by atoms with Gasteiger partial charge >= 0.3 is 5.97 Å². The number of carboxylic acid groups (broad SMARTS) is 1. The molecule has 1 aromatic rings. The van der Waals surface area contributed by atoms with Gasteiger partial charge in [-0.2, -0.15) is 0 Å². The molecule has 0 bridgehead atoms. The molecule has 1 rings (SSSR count). The van der Waals surface area contributed by atoms with E-state index in [2.05, 4.69) is 20.4 Å². The molecule has 20 heavy (non-hydrogen) atoms. The van der Waals surface area contributed by atoms with E-state index in [1.165, 1.54) is 0 Å². The molecule has 0 fully saturated rings. The molecule has 0 spiro atoms. The molecule has 0 aliphatic heterocycles. The van der Waals surface area contributed by atoms with E-state index < -0.39 is 5.97 Å². The highest BCUT2D eigenvalue weighted by atomic mass is 32.2. The number of hydrogen-bond donors (Lipinski definition) is 1. The number of ether oxygens (including phenoxy) is 1. The summed E-state index contributed by atoms with van der Waals surface area (Å²) in [5.74, 6) is 0.355.